The Kier molecular flexibility index (Phi) is 2.07. The van der Waals surface area contributed by atoms with E-state index in [1.54, 1.807) is 10.6 Å². The van der Waals surface area contributed by atoms with E-state index in [0.29, 0.717) is 11.3 Å². The van der Waals surface area contributed by atoms with Gasteiger partial charge in [0.15, 0.2) is 5.43 Å². The Balaban J connectivity index is 2.63. The molecule has 0 aromatic carbocycles. The average molecular weight is 206 g/mol. The van der Waals surface area contributed by atoms with E-state index >= 15 is 0 Å². The highest BCUT2D eigenvalue weighted by molar-refractivity contribution is 5.70. The number of aromatic amines is 1. The van der Waals surface area contributed by atoms with Crippen molar-refractivity contribution in [2.75, 3.05) is 0 Å². The molecular formula is C10H10N2O3. The lowest BCUT2D eigenvalue weighted by molar-refractivity contribution is -0.136. The molecule has 5 nitrogen and oxygen atoms in total. The van der Waals surface area contributed by atoms with E-state index in [1.807, 2.05) is 6.92 Å². The molecule has 5 heteroatoms. The van der Waals surface area contributed by atoms with Crippen molar-refractivity contribution in [3.8, 4) is 0 Å². The highest BCUT2D eigenvalue weighted by Crippen LogP contribution is 2.10. The number of aryl methyl sites for hydroxylation is 1. The van der Waals surface area contributed by atoms with Crippen molar-refractivity contribution < 1.29 is 9.90 Å². The third-order valence-electron chi connectivity index (χ3n) is 2.33. The van der Waals surface area contributed by atoms with Crippen molar-refractivity contribution in [2.45, 2.75) is 13.3 Å². The van der Waals surface area contributed by atoms with E-state index in [-0.39, 0.29) is 11.8 Å². The van der Waals surface area contributed by atoms with Crippen LogP contribution in [0.4, 0.5) is 0 Å². The van der Waals surface area contributed by atoms with E-state index in [9.17, 15) is 9.59 Å². The number of carbonyl (C=O) groups is 1. The van der Waals surface area contributed by atoms with E-state index in [2.05, 4.69) is 4.98 Å². The summed E-state index contributed by atoms with van der Waals surface area (Å²) >= 11 is 0. The molecule has 0 saturated heterocycles. The van der Waals surface area contributed by atoms with Crippen molar-refractivity contribution in [2.24, 2.45) is 0 Å². The Labute approximate surface area is 85.0 Å². The van der Waals surface area contributed by atoms with Gasteiger partial charge in [-0.25, -0.2) is 0 Å². The molecule has 0 spiro atoms. The molecule has 0 radical (unpaired) electrons. The number of nitrogens with one attached hydrogen (secondary N) is 1. The molecule has 0 saturated carbocycles. The summed E-state index contributed by atoms with van der Waals surface area (Å²) in [6.45, 7) is 1.81. The van der Waals surface area contributed by atoms with Crippen molar-refractivity contribution in [1.29, 1.82) is 0 Å². The number of fused-ring (bicyclic) bond motifs is 1. The Bertz CT molecular complexity index is 580. The zero-order valence-corrected chi connectivity index (χ0v) is 8.15. The summed E-state index contributed by atoms with van der Waals surface area (Å²) < 4.78 is 1.76. The van der Waals surface area contributed by atoms with Gasteiger partial charge in [0.2, 0.25) is 0 Å². The number of rotatable bonds is 2. The normalized spacial score (nSPS) is 10.7. The lowest BCUT2D eigenvalue weighted by atomic mass is 10.2. The van der Waals surface area contributed by atoms with Gasteiger partial charge in [0.25, 0.3) is 0 Å². The third kappa shape index (κ3) is 1.63. The molecule has 0 fully saturated rings. The van der Waals surface area contributed by atoms with Gasteiger partial charge in [-0.2, -0.15) is 0 Å². The smallest absolute Gasteiger partial charge is 0.309 e. The molecule has 0 amide bonds. The van der Waals surface area contributed by atoms with Crippen molar-refractivity contribution in [3.63, 3.8) is 0 Å². The second-order valence-electron chi connectivity index (χ2n) is 3.38. The van der Waals surface area contributed by atoms with Gasteiger partial charge in [-0.05, 0) is 6.92 Å². The van der Waals surface area contributed by atoms with Crippen molar-refractivity contribution in [1.82, 2.24) is 9.38 Å². The second kappa shape index (κ2) is 3.27. The van der Waals surface area contributed by atoms with Crippen LogP contribution >= 0.6 is 0 Å². The first-order chi connectivity index (χ1) is 7.08. The van der Waals surface area contributed by atoms with Gasteiger partial charge in [-0.15, -0.1) is 0 Å². The summed E-state index contributed by atoms with van der Waals surface area (Å²) in [6.07, 6.45) is 1.57. The van der Waals surface area contributed by atoms with Crippen LogP contribution in [0.3, 0.4) is 0 Å². The molecule has 0 aliphatic rings. The number of carboxylic acid groups (broad SMARTS) is 1. The predicted molar refractivity (Wildman–Crippen MR) is 54.1 cm³/mol. The minimum atomic E-state index is -0.896. The maximum Gasteiger partial charge on any atom is 0.309 e. The Hall–Kier alpha value is -2.04. The average Bonchev–Trinajstić information content (AvgIpc) is 2.42. The fraction of sp³-hybridized carbons (Fsp3) is 0.200. The second-order valence-corrected chi connectivity index (χ2v) is 3.38. The summed E-state index contributed by atoms with van der Waals surface area (Å²) in [6, 6.07) is 2.89. The van der Waals surface area contributed by atoms with Gasteiger partial charge in [0, 0.05) is 29.7 Å². The van der Waals surface area contributed by atoms with Crippen molar-refractivity contribution >= 4 is 11.6 Å². The van der Waals surface area contributed by atoms with Crippen LogP contribution in [0.5, 0.6) is 0 Å². The van der Waals surface area contributed by atoms with Crippen LogP contribution in [0, 0.1) is 6.92 Å². The van der Waals surface area contributed by atoms with Crippen LogP contribution in [0.15, 0.2) is 23.1 Å². The lowest BCUT2D eigenvalue weighted by Gasteiger charge is -1.95. The minimum Gasteiger partial charge on any atom is -0.481 e. The van der Waals surface area contributed by atoms with Gasteiger partial charge >= 0.3 is 5.97 Å². The minimum absolute atomic E-state index is 0.0678. The Morgan fingerprint density at radius 1 is 1.60 bits per heavy atom. The molecule has 2 aromatic rings. The number of H-pyrrole nitrogens is 1. The highest BCUT2D eigenvalue weighted by Gasteiger charge is 2.09. The quantitative estimate of drug-likeness (QED) is 0.754. The number of pyridine rings is 1. The summed E-state index contributed by atoms with van der Waals surface area (Å²) in [5.74, 6) is -0.896. The monoisotopic (exact) mass is 206 g/mol. The lowest BCUT2D eigenvalue weighted by Crippen LogP contribution is -2.02. The highest BCUT2D eigenvalue weighted by atomic mass is 16.4. The SMILES string of the molecule is Cc1c(CC(=O)O)[nH]c2cc(=O)ccn12. The maximum atomic E-state index is 11.1. The molecule has 0 bridgehead atoms. The molecule has 0 aliphatic carbocycles. The van der Waals surface area contributed by atoms with Crippen molar-refractivity contribution in [3.05, 3.63) is 39.9 Å². The van der Waals surface area contributed by atoms with E-state index < -0.39 is 5.97 Å². The fourth-order valence-corrected chi connectivity index (χ4v) is 1.58. The van der Waals surface area contributed by atoms with Crippen LogP contribution in [-0.4, -0.2) is 20.5 Å². The molecule has 15 heavy (non-hydrogen) atoms. The largest absolute Gasteiger partial charge is 0.481 e. The number of hydrogen-bond acceptors (Lipinski definition) is 2. The molecule has 2 N–H and O–H groups in total. The summed E-state index contributed by atoms with van der Waals surface area (Å²) in [4.78, 5) is 24.6. The van der Waals surface area contributed by atoms with Crippen LogP contribution in [-0.2, 0) is 11.2 Å². The van der Waals surface area contributed by atoms with Crippen LogP contribution < -0.4 is 5.43 Å². The fourth-order valence-electron chi connectivity index (χ4n) is 1.58. The molecule has 0 atom stereocenters. The number of aliphatic carboxylic acids is 1. The van der Waals surface area contributed by atoms with Crippen LogP contribution in [0.2, 0.25) is 0 Å². The van der Waals surface area contributed by atoms with Gasteiger partial charge in [0.1, 0.15) is 5.65 Å². The number of hydrogen-bond donors (Lipinski definition) is 2. The molecule has 2 aromatic heterocycles. The van der Waals surface area contributed by atoms with Gasteiger partial charge in [0.05, 0.1) is 6.42 Å². The predicted octanol–water partition coefficient (Wildman–Crippen LogP) is 0.563. The summed E-state index contributed by atoms with van der Waals surface area (Å²) in [5, 5.41) is 8.68. The van der Waals surface area contributed by atoms with E-state index in [1.165, 1.54) is 12.1 Å². The number of imidazole rings is 1. The van der Waals surface area contributed by atoms with Crippen LogP contribution in [0.25, 0.3) is 5.65 Å². The summed E-state index contributed by atoms with van der Waals surface area (Å²) in [7, 11) is 0. The number of aromatic nitrogens is 2. The Morgan fingerprint density at radius 2 is 2.33 bits per heavy atom. The standard InChI is InChI=1S/C10H10N2O3/c1-6-8(5-10(14)15)11-9-4-7(13)2-3-12(6)9/h2-4,11H,5H2,1H3,(H,14,15). The van der Waals surface area contributed by atoms with Crippen LogP contribution in [0.1, 0.15) is 11.4 Å². The van der Waals surface area contributed by atoms with Gasteiger partial charge in [-0.3, -0.25) is 9.59 Å². The summed E-state index contributed by atoms with van der Waals surface area (Å²) in [5.41, 5.74) is 1.95. The Morgan fingerprint density at radius 3 is 3.00 bits per heavy atom. The molecule has 2 rings (SSSR count). The van der Waals surface area contributed by atoms with E-state index in [0.717, 1.165) is 5.69 Å². The first-order valence-corrected chi connectivity index (χ1v) is 4.49. The number of nitrogens with zero attached hydrogens (tertiary/aromatic N) is 1. The van der Waals surface area contributed by atoms with E-state index in [4.69, 9.17) is 5.11 Å². The first-order valence-electron chi connectivity index (χ1n) is 4.49. The third-order valence-corrected chi connectivity index (χ3v) is 2.33. The molecule has 78 valence electrons. The van der Waals surface area contributed by atoms with Gasteiger partial charge in [-0.1, -0.05) is 0 Å². The number of carboxylic acids is 1. The molecule has 2 heterocycles. The molecular weight excluding hydrogens is 196 g/mol. The molecule has 0 unspecified atom stereocenters. The maximum absolute atomic E-state index is 11.1. The zero-order valence-electron chi connectivity index (χ0n) is 8.15. The zero-order chi connectivity index (χ0) is 11.0. The van der Waals surface area contributed by atoms with Gasteiger partial charge < -0.3 is 14.5 Å². The molecule has 0 aliphatic heterocycles. The first kappa shape index (κ1) is 9.51. The topological polar surface area (TPSA) is 74.6 Å².